The standard InChI is InChI=1S/C33H41N3O3/c1-8-26-13-11-12-24(5)33(26)36(25(6)20-38-7)32(37)19-35-29-15-10-9-14-28(29)34-31(35)21-39-30-18-23(4)16-17-27(30)22(2)3/h9-18,22,25H,8,19-21H2,1-7H3. The van der Waals surface area contributed by atoms with Gasteiger partial charge >= 0.3 is 0 Å². The molecule has 0 aliphatic heterocycles. The Hall–Kier alpha value is -3.64. The zero-order valence-corrected chi connectivity index (χ0v) is 24.3. The first-order chi connectivity index (χ1) is 18.7. The van der Waals surface area contributed by atoms with Crippen LogP contribution in [0.5, 0.6) is 5.75 Å². The van der Waals surface area contributed by atoms with Gasteiger partial charge in [0.2, 0.25) is 5.91 Å². The predicted molar refractivity (Wildman–Crippen MR) is 159 cm³/mol. The first-order valence-corrected chi connectivity index (χ1v) is 13.8. The Morgan fingerprint density at radius 2 is 1.79 bits per heavy atom. The number of hydrogen-bond donors (Lipinski definition) is 0. The molecule has 1 atom stereocenters. The highest BCUT2D eigenvalue weighted by atomic mass is 16.5. The van der Waals surface area contributed by atoms with E-state index >= 15 is 0 Å². The Bertz CT molecular complexity index is 1440. The third-order valence-electron chi connectivity index (χ3n) is 7.24. The van der Waals surface area contributed by atoms with E-state index in [1.165, 1.54) is 0 Å². The molecule has 6 nitrogen and oxygen atoms in total. The summed E-state index contributed by atoms with van der Waals surface area (Å²) in [4.78, 5) is 21.0. The molecule has 1 heterocycles. The lowest BCUT2D eigenvalue weighted by atomic mass is 10.0. The van der Waals surface area contributed by atoms with Crippen LogP contribution in [0.15, 0.2) is 60.7 Å². The van der Waals surface area contributed by atoms with Crippen LogP contribution in [0.1, 0.15) is 61.7 Å². The number of nitrogens with zero attached hydrogens (tertiary/aromatic N) is 3. The van der Waals surface area contributed by atoms with Crippen LogP contribution in [0.4, 0.5) is 5.69 Å². The number of aromatic nitrogens is 2. The average molecular weight is 528 g/mol. The van der Waals surface area contributed by atoms with Gasteiger partial charge in [-0.2, -0.15) is 0 Å². The molecule has 39 heavy (non-hydrogen) atoms. The highest BCUT2D eigenvalue weighted by molar-refractivity contribution is 5.96. The molecule has 4 aromatic rings. The summed E-state index contributed by atoms with van der Waals surface area (Å²) in [7, 11) is 1.67. The largest absolute Gasteiger partial charge is 0.485 e. The lowest BCUT2D eigenvalue weighted by Crippen LogP contribution is -2.44. The quantitative estimate of drug-likeness (QED) is 0.211. The Labute approximate surface area is 232 Å². The minimum absolute atomic E-state index is 0.00798. The van der Waals surface area contributed by atoms with Gasteiger partial charge in [0.1, 0.15) is 24.7 Å². The van der Waals surface area contributed by atoms with Crippen molar-refractivity contribution in [2.75, 3.05) is 18.6 Å². The van der Waals surface area contributed by atoms with Crippen molar-refractivity contribution < 1.29 is 14.3 Å². The van der Waals surface area contributed by atoms with E-state index in [0.717, 1.165) is 57.0 Å². The second kappa shape index (κ2) is 12.5. The highest BCUT2D eigenvalue weighted by Gasteiger charge is 2.27. The lowest BCUT2D eigenvalue weighted by molar-refractivity contribution is -0.119. The van der Waals surface area contributed by atoms with Crippen molar-refractivity contribution in [2.45, 2.75) is 73.1 Å². The Balaban J connectivity index is 1.72. The fourth-order valence-electron chi connectivity index (χ4n) is 5.27. The number of imidazole rings is 1. The van der Waals surface area contributed by atoms with Crippen molar-refractivity contribution in [3.8, 4) is 5.75 Å². The molecule has 0 fully saturated rings. The average Bonchev–Trinajstić information content (AvgIpc) is 3.25. The zero-order chi connectivity index (χ0) is 28.1. The third kappa shape index (κ3) is 6.17. The van der Waals surface area contributed by atoms with E-state index in [4.69, 9.17) is 14.5 Å². The summed E-state index contributed by atoms with van der Waals surface area (Å²) >= 11 is 0. The van der Waals surface area contributed by atoms with E-state index < -0.39 is 0 Å². The van der Waals surface area contributed by atoms with Gasteiger partial charge in [0.25, 0.3) is 0 Å². The number of carbonyl (C=O) groups excluding carboxylic acids is 1. The molecule has 0 spiro atoms. The van der Waals surface area contributed by atoms with Gasteiger partial charge in [-0.3, -0.25) is 4.79 Å². The number of fused-ring (bicyclic) bond motifs is 1. The van der Waals surface area contributed by atoms with Gasteiger partial charge in [0.15, 0.2) is 0 Å². The van der Waals surface area contributed by atoms with Crippen molar-refractivity contribution in [3.63, 3.8) is 0 Å². The fourth-order valence-corrected chi connectivity index (χ4v) is 5.27. The van der Waals surface area contributed by atoms with Gasteiger partial charge < -0.3 is 18.9 Å². The molecular formula is C33H41N3O3. The van der Waals surface area contributed by atoms with Crippen LogP contribution < -0.4 is 9.64 Å². The molecule has 1 unspecified atom stereocenters. The van der Waals surface area contributed by atoms with Gasteiger partial charge in [-0.05, 0) is 73.6 Å². The lowest BCUT2D eigenvalue weighted by Gasteiger charge is -2.32. The van der Waals surface area contributed by atoms with Crippen LogP contribution in [-0.4, -0.2) is 35.2 Å². The van der Waals surface area contributed by atoms with Crippen LogP contribution >= 0.6 is 0 Å². The van der Waals surface area contributed by atoms with Gasteiger partial charge in [0.05, 0.1) is 29.4 Å². The molecule has 4 rings (SSSR count). The zero-order valence-electron chi connectivity index (χ0n) is 24.3. The van der Waals surface area contributed by atoms with E-state index in [9.17, 15) is 4.79 Å². The first kappa shape index (κ1) is 28.4. The summed E-state index contributed by atoms with van der Waals surface area (Å²) in [6, 6.07) is 20.3. The monoisotopic (exact) mass is 527 g/mol. The molecule has 1 aromatic heterocycles. The second-order valence-electron chi connectivity index (χ2n) is 10.6. The summed E-state index contributed by atoms with van der Waals surface area (Å²) in [5, 5.41) is 0. The SMILES string of the molecule is CCc1cccc(C)c1N(C(=O)Cn1c(COc2cc(C)ccc2C(C)C)nc2ccccc21)C(C)COC. The van der Waals surface area contributed by atoms with E-state index in [0.29, 0.717) is 12.5 Å². The molecule has 0 bridgehead atoms. The van der Waals surface area contributed by atoms with Crippen molar-refractivity contribution in [1.82, 2.24) is 9.55 Å². The van der Waals surface area contributed by atoms with Gasteiger partial charge in [-0.1, -0.05) is 63.2 Å². The molecule has 0 saturated heterocycles. The maximum atomic E-state index is 14.2. The van der Waals surface area contributed by atoms with E-state index in [-0.39, 0.29) is 25.1 Å². The number of methoxy groups -OCH3 is 1. The van der Waals surface area contributed by atoms with Crippen molar-refractivity contribution in [2.24, 2.45) is 0 Å². The van der Waals surface area contributed by atoms with Gasteiger partial charge in [-0.15, -0.1) is 0 Å². The van der Waals surface area contributed by atoms with Gasteiger partial charge in [0, 0.05) is 7.11 Å². The number of hydrogen-bond acceptors (Lipinski definition) is 4. The molecule has 0 aliphatic rings. The van der Waals surface area contributed by atoms with Crippen LogP contribution in [0.3, 0.4) is 0 Å². The molecule has 3 aromatic carbocycles. The number of ether oxygens (including phenoxy) is 2. The number of anilines is 1. The van der Waals surface area contributed by atoms with Crippen LogP contribution in [0, 0.1) is 13.8 Å². The second-order valence-corrected chi connectivity index (χ2v) is 10.6. The van der Waals surface area contributed by atoms with Crippen molar-refractivity contribution in [3.05, 3.63) is 88.7 Å². The number of aryl methyl sites for hydroxylation is 3. The van der Waals surface area contributed by atoms with Crippen molar-refractivity contribution in [1.29, 1.82) is 0 Å². The van der Waals surface area contributed by atoms with Crippen LogP contribution in [0.2, 0.25) is 0 Å². The third-order valence-corrected chi connectivity index (χ3v) is 7.24. The number of amides is 1. The summed E-state index contributed by atoms with van der Waals surface area (Å²) in [5.74, 6) is 1.91. The maximum Gasteiger partial charge on any atom is 0.247 e. The summed E-state index contributed by atoms with van der Waals surface area (Å²) < 4.78 is 13.9. The topological polar surface area (TPSA) is 56.6 Å². The summed E-state index contributed by atoms with van der Waals surface area (Å²) in [6.07, 6.45) is 0.836. The molecule has 0 radical (unpaired) electrons. The summed E-state index contributed by atoms with van der Waals surface area (Å²) in [6.45, 7) is 13.5. The molecule has 206 valence electrons. The maximum absolute atomic E-state index is 14.2. The molecule has 1 amide bonds. The predicted octanol–water partition coefficient (Wildman–Crippen LogP) is 6.99. The van der Waals surface area contributed by atoms with Gasteiger partial charge in [-0.25, -0.2) is 4.98 Å². The van der Waals surface area contributed by atoms with E-state index in [1.807, 2.05) is 40.7 Å². The highest BCUT2D eigenvalue weighted by Crippen LogP contribution is 2.30. The van der Waals surface area contributed by atoms with E-state index in [1.54, 1.807) is 7.11 Å². The molecule has 6 heteroatoms. The van der Waals surface area contributed by atoms with Crippen molar-refractivity contribution >= 4 is 22.6 Å². The smallest absolute Gasteiger partial charge is 0.247 e. The van der Waals surface area contributed by atoms with Crippen LogP contribution in [-0.2, 0) is 29.1 Å². The first-order valence-electron chi connectivity index (χ1n) is 13.8. The molecule has 0 aliphatic carbocycles. The number of para-hydroxylation sites is 3. The molecule has 0 saturated carbocycles. The normalized spacial score (nSPS) is 12.2. The fraction of sp³-hybridized carbons (Fsp3) is 0.394. The number of rotatable bonds is 11. The minimum Gasteiger partial charge on any atom is -0.485 e. The molecule has 0 N–H and O–H groups in total. The Morgan fingerprint density at radius 3 is 2.51 bits per heavy atom. The Morgan fingerprint density at radius 1 is 1.03 bits per heavy atom. The Kier molecular flexibility index (Phi) is 9.08. The molecular weight excluding hydrogens is 486 g/mol. The number of benzene rings is 3. The number of carbonyl (C=O) groups is 1. The van der Waals surface area contributed by atoms with E-state index in [2.05, 4.69) is 71.0 Å². The van der Waals surface area contributed by atoms with Crippen LogP contribution in [0.25, 0.3) is 11.0 Å². The summed E-state index contributed by atoms with van der Waals surface area (Å²) in [5.41, 5.74) is 7.25. The minimum atomic E-state index is -0.135.